The van der Waals surface area contributed by atoms with Crippen molar-refractivity contribution in [2.75, 3.05) is 0 Å². The van der Waals surface area contributed by atoms with Crippen LogP contribution in [0.2, 0.25) is 0 Å². The molecule has 1 N–H and O–H groups in total. The third-order valence-corrected chi connectivity index (χ3v) is 1.02. The van der Waals surface area contributed by atoms with E-state index in [1.807, 2.05) is 12.2 Å². The molecule has 0 amide bonds. The molecule has 2 heteroatoms. The van der Waals surface area contributed by atoms with Crippen LogP contribution in [-0.2, 0) is 0 Å². The molecule has 0 aliphatic heterocycles. The van der Waals surface area contributed by atoms with Crippen molar-refractivity contribution in [1.29, 1.82) is 0 Å². The Balaban J connectivity index is 2.66. The fourth-order valence-electron chi connectivity index (χ4n) is 0.564. The van der Waals surface area contributed by atoms with Gasteiger partial charge >= 0.3 is 48.3 Å². The first kappa shape index (κ1) is 5.35. The van der Waals surface area contributed by atoms with Gasteiger partial charge in [0.1, 0.15) is 0 Å². The van der Waals surface area contributed by atoms with Crippen molar-refractivity contribution in [3.8, 4) is 0 Å². The molecule has 0 fully saturated rings. The van der Waals surface area contributed by atoms with E-state index in [1.54, 1.807) is 6.08 Å². The van der Waals surface area contributed by atoms with E-state index in [0.717, 1.165) is 19.0 Å². The van der Waals surface area contributed by atoms with Crippen LogP contribution in [0, 0.1) is 6.08 Å². The second-order valence-corrected chi connectivity index (χ2v) is 1.61. The van der Waals surface area contributed by atoms with E-state index in [-0.39, 0.29) is 0 Å². The Bertz CT molecular complexity index is 156. The number of hydrogen-bond acceptors (Lipinski definition) is 1. The van der Waals surface area contributed by atoms with Gasteiger partial charge in [0.05, 0.1) is 0 Å². The van der Waals surface area contributed by atoms with Crippen molar-refractivity contribution >= 4 is 12.6 Å². The molecule has 0 bridgehead atoms. The van der Waals surface area contributed by atoms with Crippen LogP contribution in [0.25, 0.3) is 0 Å². The first-order chi connectivity index (χ1) is 3.93. The van der Waals surface area contributed by atoms with Crippen LogP contribution in [0.4, 0.5) is 0 Å². The van der Waals surface area contributed by atoms with Gasteiger partial charge in [-0.05, 0) is 0 Å². The SMILES string of the molecule is O/B=C1\C=C[C]=CC1. The molecule has 39 valence electrons. The summed E-state index contributed by atoms with van der Waals surface area (Å²) in [5, 5.41) is 8.43. The molecule has 0 aromatic carbocycles. The maximum absolute atomic E-state index is 8.43. The second kappa shape index (κ2) is 2.50. The van der Waals surface area contributed by atoms with Crippen LogP contribution in [-0.4, -0.2) is 17.6 Å². The van der Waals surface area contributed by atoms with Gasteiger partial charge in [-0.15, -0.1) is 0 Å². The molecule has 1 nitrogen and oxygen atoms in total. The van der Waals surface area contributed by atoms with Crippen molar-refractivity contribution in [3.63, 3.8) is 0 Å². The summed E-state index contributed by atoms with van der Waals surface area (Å²) in [6.45, 7) is 0. The number of rotatable bonds is 0. The van der Waals surface area contributed by atoms with Gasteiger partial charge in [0.25, 0.3) is 0 Å². The van der Waals surface area contributed by atoms with Crippen LogP contribution in [0.5, 0.6) is 0 Å². The molecule has 0 atom stereocenters. The standard InChI is InChI=1S/C6H6BO/c8-7-6-4-2-1-3-5-6/h2-4,8H,5H2. The minimum atomic E-state index is 0.799. The number of hydrogen-bond donors (Lipinski definition) is 1. The van der Waals surface area contributed by atoms with Crippen LogP contribution in [0.3, 0.4) is 0 Å². The van der Waals surface area contributed by atoms with Crippen LogP contribution < -0.4 is 0 Å². The summed E-state index contributed by atoms with van der Waals surface area (Å²) < 4.78 is 0. The second-order valence-electron chi connectivity index (χ2n) is 1.61. The van der Waals surface area contributed by atoms with Gasteiger partial charge in [-0.3, -0.25) is 0 Å². The van der Waals surface area contributed by atoms with Gasteiger partial charge < -0.3 is 0 Å². The molecule has 1 aliphatic rings. The van der Waals surface area contributed by atoms with Crippen molar-refractivity contribution in [3.05, 3.63) is 24.3 Å². The fourth-order valence-corrected chi connectivity index (χ4v) is 0.564. The van der Waals surface area contributed by atoms with Gasteiger partial charge in [0.2, 0.25) is 0 Å². The van der Waals surface area contributed by atoms with Crippen molar-refractivity contribution in [2.45, 2.75) is 6.42 Å². The quantitative estimate of drug-likeness (QED) is 0.433. The molecule has 0 saturated carbocycles. The monoisotopic (exact) mass is 105 g/mol. The van der Waals surface area contributed by atoms with Gasteiger partial charge in [0, 0.05) is 0 Å². The predicted octanol–water partition coefficient (Wildman–Crippen LogP) is 0.0896. The summed E-state index contributed by atoms with van der Waals surface area (Å²) in [5.74, 6) is 0. The topological polar surface area (TPSA) is 20.2 Å². The Morgan fingerprint density at radius 3 is 3.00 bits per heavy atom. The Hall–Kier alpha value is -0.785. The van der Waals surface area contributed by atoms with Crippen molar-refractivity contribution in [1.82, 2.24) is 0 Å². The van der Waals surface area contributed by atoms with E-state index in [0.29, 0.717) is 0 Å². The van der Waals surface area contributed by atoms with E-state index in [4.69, 9.17) is 5.02 Å². The zero-order valence-corrected chi connectivity index (χ0v) is 4.46. The number of allylic oxidation sites excluding steroid dienone is 4. The molecule has 1 aliphatic carbocycles. The Kier molecular flexibility index (Phi) is 1.68. The Labute approximate surface area is 49.3 Å². The zero-order chi connectivity index (χ0) is 5.82. The van der Waals surface area contributed by atoms with Gasteiger partial charge in [-0.2, -0.15) is 0 Å². The average molecular weight is 105 g/mol. The molecular weight excluding hydrogens is 98.9 g/mol. The summed E-state index contributed by atoms with van der Waals surface area (Å²) in [4.78, 5) is 0. The normalized spacial score (nSPS) is 21.2. The van der Waals surface area contributed by atoms with E-state index in [1.165, 1.54) is 0 Å². The minimum absolute atomic E-state index is 0.799. The van der Waals surface area contributed by atoms with E-state index in [2.05, 4.69) is 6.08 Å². The molecule has 0 spiro atoms. The van der Waals surface area contributed by atoms with E-state index < -0.39 is 0 Å². The summed E-state index contributed by atoms with van der Waals surface area (Å²) >= 11 is 0. The fraction of sp³-hybridized carbons (Fsp3) is 0.167. The summed E-state index contributed by atoms with van der Waals surface area (Å²) in [5.41, 5.74) is 0.934. The molecule has 1 radical (unpaired) electrons. The molecule has 0 unspecified atom stereocenters. The van der Waals surface area contributed by atoms with Crippen LogP contribution in [0.15, 0.2) is 18.2 Å². The molecular formula is C6H6BO. The predicted molar refractivity (Wildman–Crippen MR) is 34.5 cm³/mol. The van der Waals surface area contributed by atoms with Gasteiger partial charge in [0.15, 0.2) is 0 Å². The van der Waals surface area contributed by atoms with Crippen molar-refractivity contribution < 1.29 is 5.02 Å². The zero-order valence-electron chi connectivity index (χ0n) is 4.46. The van der Waals surface area contributed by atoms with Gasteiger partial charge in [-0.1, -0.05) is 0 Å². The van der Waals surface area contributed by atoms with Crippen LogP contribution in [0.1, 0.15) is 6.42 Å². The molecule has 1 rings (SSSR count). The maximum atomic E-state index is 8.43. The van der Waals surface area contributed by atoms with Gasteiger partial charge in [-0.25, -0.2) is 0 Å². The first-order valence-corrected chi connectivity index (χ1v) is 2.51. The molecule has 0 aromatic rings. The van der Waals surface area contributed by atoms with E-state index >= 15 is 0 Å². The molecule has 0 saturated heterocycles. The first-order valence-electron chi connectivity index (χ1n) is 2.51. The van der Waals surface area contributed by atoms with Crippen molar-refractivity contribution in [2.24, 2.45) is 0 Å². The Morgan fingerprint density at radius 1 is 1.75 bits per heavy atom. The summed E-state index contributed by atoms with van der Waals surface area (Å²) in [6.07, 6.45) is 9.18. The Morgan fingerprint density at radius 2 is 2.62 bits per heavy atom. The van der Waals surface area contributed by atoms with Crippen LogP contribution >= 0.6 is 0 Å². The summed E-state index contributed by atoms with van der Waals surface area (Å²) in [6, 6.07) is 0. The third-order valence-electron chi connectivity index (χ3n) is 1.02. The van der Waals surface area contributed by atoms with E-state index in [9.17, 15) is 0 Å². The molecule has 0 heterocycles. The molecule has 8 heavy (non-hydrogen) atoms. The molecule has 0 aromatic heterocycles. The summed E-state index contributed by atoms with van der Waals surface area (Å²) in [7, 11) is 1.12. The third kappa shape index (κ3) is 1.09. The average Bonchev–Trinajstić information content (AvgIpc) is 1.90.